The first-order valence-corrected chi connectivity index (χ1v) is 8.29. The fraction of sp³-hybridized carbons (Fsp3) is 0.200. The summed E-state index contributed by atoms with van der Waals surface area (Å²) in [5.74, 6) is 1.05. The summed E-state index contributed by atoms with van der Waals surface area (Å²) in [6.07, 6.45) is -4.61. The van der Waals surface area contributed by atoms with Crippen LogP contribution in [-0.2, 0) is 22.7 Å². The number of hydrogen-bond acceptors (Lipinski definition) is 4. The van der Waals surface area contributed by atoms with E-state index in [0.29, 0.717) is 23.1 Å². The van der Waals surface area contributed by atoms with Crippen LogP contribution in [0.5, 0.6) is 11.5 Å². The second kappa shape index (κ2) is 5.99. The molecule has 2 aromatic carbocycles. The zero-order valence-electron chi connectivity index (χ0n) is 12.1. The first-order chi connectivity index (χ1) is 11.3. The molecule has 1 N–H and O–H groups in total. The molecular weight excluding hydrogens is 347 g/mol. The number of sulfonamides is 1. The van der Waals surface area contributed by atoms with Crippen molar-refractivity contribution in [2.45, 2.75) is 17.6 Å². The number of alkyl halides is 3. The smallest absolute Gasteiger partial charge is 0.416 e. The van der Waals surface area contributed by atoms with Crippen molar-refractivity contribution in [1.29, 1.82) is 0 Å². The highest BCUT2D eigenvalue weighted by Crippen LogP contribution is 2.33. The van der Waals surface area contributed by atoms with E-state index in [1.165, 1.54) is 0 Å². The standard InChI is InChI=1S/C15H12F3NO4S/c16-15(17,18)11-2-1-3-12(7-11)24(20,21)19-8-10-4-5-13-14(6-10)23-9-22-13/h1-7,19H,8-9H2. The fourth-order valence-electron chi connectivity index (χ4n) is 2.15. The molecule has 1 aliphatic heterocycles. The highest BCUT2D eigenvalue weighted by molar-refractivity contribution is 7.89. The topological polar surface area (TPSA) is 64.6 Å². The second-order valence-corrected chi connectivity index (χ2v) is 6.80. The molecular formula is C15H12F3NO4S. The van der Waals surface area contributed by atoms with Gasteiger partial charge in [-0.05, 0) is 35.9 Å². The van der Waals surface area contributed by atoms with E-state index in [4.69, 9.17) is 9.47 Å². The molecule has 1 aliphatic rings. The summed E-state index contributed by atoms with van der Waals surface area (Å²) in [6.45, 7) is 0.00394. The normalized spacial score (nSPS) is 14.0. The second-order valence-electron chi connectivity index (χ2n) is 5.04. The number of halogens is 3. The number of hydrogen-bond donors (Lipinski definition) is 1. The lowest BCUT2D eigenvalue weighted by molar-refractivity contribution is -0.137. The van der Waals surface area contributed by atoms with Gasteiger partial charge in [-0.1, -0.05) is 12.1 Å². The first kappa shape index (κ1) is 16.6. The molecule has 0 radical (unpaired) electrons. The Hall–Kier alpha value is -2.26. The lowest BCUT2D eigenvalue weighted by Gasteiger charge is -2.10. The van der Waals surface area contributed by atoms with Gasteiger partial charge in [0.25, 0.3) is 0 Å². The van der Waals surface area contributed by atoms with Crippen LogP contribution in [0.2, 0.25) is 0 Å². The van der Waals surface area contributed by atoms with Gasteiger partial charge in [0.2, 0.25) is 16.8 Å². The summed E-state index contributed by atoms with van der Waals surface area (Å²) in [5, 5.41) is 0. The molecule has 128 valence electrons. The molecule has 0 saturated heterocycles. The zero-order chi connectivity index (χ0) is 17.4. The Morgan fingerprint density at radius 3 is 2.54 bits per heavy atom. The van der Waals surface area contributed by atoms with Crippen LogP contribution in [0, 0.1) is 0 Å². The third-order valence-corrected chi connectivity index (χ3v) is 4.77. The molecule has 0 bridgehead atoms. The molecule has 0 aliphatic carbocycles. The van der Waals surface area contributed by atoms with E-state index < -0.39 is 26.7 Å². The number of rotatable bonds is 4. The minimum Gasteiger partial charge on any atom is -0.454 e. The van der Waals surface area contributed by atoms with Crippen molar-refractivity contribution in [3.05, 3.63) is 53.6 Å². The van der Waals surface area contributed by atoms with Crippen molar-refractivity contribution in [3.8, 4) is 11.5 Å². The number of fused-ring (bicyclic) bond motifs is 1. The predicted molar refractivity (Wildman–Crippen MR) is 78.0 cm³/mol. The Morgan fingerprint density at radius 1 is 1.04 bits per heavy atom. The molecule has 0 amide bonds. The van der Waals surface area contributed by atoms with E-state index in [0.717, 1.165) is 18.2 Å². The molecule has 0 fully saturated rings. The first-order valence-electron chi connectivity index (χ1n) is 6.81. The summed E-state index contributed by atoms with van der Waals surface area (Å²) < 4.78 is 75.0. The van der Waals surface area contributed by atoms with E-state index in [1.54, 1.807) is 18.2 Å². The summed E-state index contributed by atoms with van der Waals surface area (Å²) in [4.78, 5) is -0.446. The monoisotopic (exact) mass is 359 g/mol. The average molecular weight is 359 g/mol. The number of benzene rings is 2. The van der Waals surface area contributed by atoms with E-state index in [1.807, 2.05) is 0 Å². The Kier molecular flexibility index (Phi) is 4.14. The van der Waals surface area contributed by atoms with Crippen LogP contribution in [-0.4, -0.2) is 15.2 Å². The summed E-state index contributed by atoms with van der Waals surface area (Å²) in [5.41, 5.74) is -0.428. The van der Waals surface area contributed by atoms with Crippen molar-refractivity contribution >= 4 is 10.0 Å². The third-order valence-electron chi connectivity index (χ3n) is 3.37. The molecule has 0 spiro atoms. The minimum absolute atomic E-state index is 0.0881. The van der Waals surface area contributed by atoms with E-state index in [2.05, 4.69) is 4.72 Å². The molecule has 3 rings (SSSR count). The van der Waals surface area contributed by atoms with Crippen molar-refractivity contribution in [2.75, 3.05) is 6.79 Å². The van der Waals surface area contributed by atoms with Crippen LogP contribution in [0.15, 0.2) is 47.4 Å². The van der Waals surface area contributed by atoms with Gasteiger partial charge in [-0.15, -0.1) is 0 Å². The van der Waals surface area contributed by atoms with Gasteiger partial charge in [0, 0.05) is 6.54 Å². The molecule has 0 atom stereocenters. The lowest BCUT2D eigenvalue weighted by Crippen LogP contribution is -2.23. The quantitative estimate of drug-likeness (QED) is 0.912. The number of nitrogens with one attached hydrogen (secondary N) is 1. The highest BCUT2D eigenvalue weighted by Gasteiger charge is 2.31. The average Bonchev–Trinajstić information content (AvgIpc) is 3.00. The van der Waals surface area contributed by atoms with Crippen LogP contribution in [0.1, 0.15) is 11.1 Å². The van der Waals surface area contributed by atoms with Crippen molar-refractivity contribution < 1.29 is 31.1 Å². The van der Waals surface area contributed by atoms with Crippen LogP contribution < -0.4 is 14.2 Å². The van der Waals surface area contributed by atoms with Crippen molar-refractivity contribution in [2.24, 2.45) is 0 Å². The van der Waals surface area contributed by atoms with Crippen LogP contribution >= 0.6 is 0 Å². The van der Waals surface area contributed by atoms with E-state index in [-0.39, 0.29) is 13.3 Å². The van der Waals surface area contributed by atoms with Gasteiger partial charge in [0.15, 0.2) is 11.5 Å². The predicted octanol–water partition coefficient (Wildman–Crippen LogP) is 2.91. The molecule has 0 unspecified atom stereocenters. The molecule has 2 aromatic rings. The summed E-state index contributed by atoms with van der Waals surface area (Å²) >= 11 is 0. The fourth-order valence-corrected chi connectivity index (χ4v) is 3.22. The molecule has 1 heterocycles. The van der Waals surface area contributed by atoms with Crippen LogP contribution in [0.25, 0.3) is 0 Å². The van der Waals surface area contributed by atoms with Crippen molar-refractivity contribution in [3.63, 3.8) is 0 Å². The van der Waals surface area contributed by atoms with Gasteiger partial charge in [-0.2, -0.15) is 13.2 Å². The maximum absolute atomic E-state index is 12.7. The van der Waals surface area contributed by atoms with Crippen LogP contribution in [0.4, 0.5) is 13.2 Å². The Bertz CT molecular complexity index is 865. The molecule has 0 aromatic heterocycles. The van der Waals surface area contributed by atoms with Gasteiger partial charge < -0.3 is 9.47 Å². The largest absolute Gasteiger partial charge is 0.454 e. The number of ether oxygens (including phenoxy) is 2. The van der Waals surface area contributed by atoms with Crippen molar-refractivity contribution in [1.82, 2.24) is 4.72 Å². The molecule has 5 nitrogen and oxygen atoms in total. The van der Waals surface area contributed by atoms with Gasteiger partial charge in [0.05, 0.1) is 10.5 Å². The summed E-state index contributed by atoms with van der Waals surface area (Å²) in [7, 11) is -4.08. The van der Waals surface area contributed by atoms with Gasteiger partial charge in [-0.3, -0.25) is 0 Å². The van der Waals surface area contributed by atoms with Gasteiger partial charge in [0.1, 0.15) is 0 Å². The molecule has 0 saturated carbocycles. The molecule has 9 heteroatoms. The SMILES string of the molecule is O=S(=O)(NCc1ccc2c(c1)OCO2)c1cccc(C(F)(F)F)c1. The Labute approximate surface area is 136 Å². The Balaban J connectivity index is 1.77. The maximum atomic E-state index is 12.7. The lowest BCUT2D eigenvalue weighted by atomic mass is 10.2. The molecule has 24 heavy (non-hydrogen) atoms. The minimum atomic E-state index is -4.61. The zero-order valence-corrected chi connectivity index (χ0v) is 12.9. The van der Waals surface area contributed by atoms with Gasteiger partial charge in [-0.25, -0.2) is 13.1 Å². The third kappa shape index (κ3) is 3.46. The van der Waals surface area contributed by atoms with E-state index in [9.17, 15) is 21.6 Å². The van der Waals surface area contributed by atoms with Crippen LogP contribution in [0.3, 0.4) is 0 Å². The summed E-state index contributed by atoms with van der Waals surface area (Å²) in [6, 6.07) is 8.46. The highest BCUT2D eigenvalue weighted by atomic mass is 32.2. The van der Waals surface area contributed by atoms with E-state index >= 15 is 0 Å². The Morgan fingerprint density at radius 2 is 1.79 bits per heavy atom. The maximum Gasteiger partial charge on any atom is 0.416 e. The van der Waals surface area contributed by atoms with Gasteiger partial charge >= 0.3 is 6.18 Å².